The molecule has 2 aromatic rings. The Morgan fingerprint density at radius 3 is 2.93 bits per heavy atom. The topological polar surface area (TPSA) is 130 Å². The van der Waals surface area contributed by atoms with Gasteiger partial charge in [-0.25, -0.2) is 4.98 Å². The van der Waals surface area contributed by atoms with Crippen LogP contribution >= 0.6 is 0 Å². The van der Waals surface area contributed by atoms with Crippen LogP contribution in [0.5, 0.6) is 0 Å². The normalized spacial score (nSPS) is 11.9. The van der Waals surface area contributed by atoms with Crippen molar-refractivity contribution in [3.8, 4) is 0 Å². The molecule has 0 aliphatic rings. The van der Waals surface area contributed by atoms with Gasteiger partial charge in [-0.05, 0) is 0 Å². The average Bonchev–Trinajstić information content (AvgIpc) is 2.78. The van der Waals surface area contributed by atoms with Gasteiger partial charge in [0.05, 0.1) is 6.61 Å². The Morgan fingerprint density at radius 1 is 1.73 bits per heavy atom. The summed E-state index contributed by atoms with van der Waals surface area (Å²) in [5, 5.41) is 22.6. The number of carbonyl (C=O) groups is 1. The summed E-state index contributed by atoms with van der Waals surface area (Å²) in [6.07, 6.45) is 3.29. The van der Waals surface area contributed by atoms with Gasteiger partial charge >= 0.3 is 5.97 Å². The van der Waals surface area contributed by atoms with Crippen molar-refractivity contribution in [1.82, 2.24) is 19.8 Å². The number of nitrogens with two attached hydrogens (primary N) is 1. The summed E-state index contributed by atoms with van der Waals surface area (Å²) in [6.45, 7) is -0.505. The summed E-state index contributed by atoms with van der Waals surface area (Å²) in [4.78, 5) is 13.5. The van der Waals surface area contributed by atoms with Crippen LogP contribution in [0.3, 0.4) is 0 Å². The number of rotatable bonds is 2. The second-order valence-electron chi connectivity index (χ2n) is 2.62. The maximum atomic E-state index is 9.65. The number of carboxylic acid groups (broad SMARTS) is 1. The van der Waals surface area contributed by atoms with Gasteiger partial charge in [0.25, 0.3) is 0 Å². The van der Waals surface area contributed by atoms with Crippen molar-refractivity contribution < 1.29 is 15.0 Å². The molecule has 0 aliphatic carbocycles. The van der Waals surface area contributed by atoms with Gasteiger partial charge in [0.15, 0.2) is 5.65 Å². The van der Waals surface area contributed by atoms with Crippen LogP contribution in [0, 0.1) is 0 Å². The largest absolute Gasteiger partial charge is 0.480 e. The van der Waals surface area contributed by atoms with Crippen molar-refractivity contribution in [3.05, 3.63) is 18.6 Å². The first kappa shape index (κ1) is 11.1. The number of nitrogens with one attached hydrogen (secondary N) is 1. The second kappa shape index (κ2) is 5.08. The van der Waals surface area contributed by atoms with Crippen LogP contribution in [0.1, 0.15) is 0 Å². The third kappa shape index (κ3) is 3.04. The van der Waals surface area contributed by atoms with E-state index >= 15 is 0 Å². The van der Waals surface area contributed by atoms with Crippen molar-refractivity contribution in [2.24, 2.45) is 5.73 Å². The molecule has 5 N–H and O–H groups in total. The number of hydrogen-bond donors (Lipinski definition) is 4. The fourth-order valence-electron chi connectivity index (χ4n) is 0.724. The first-order valence-electron chi connectivity index (χ1n) is 4.07. The third-order valence-electron chi connectivity index (χ3n) is 1.52. The predicted octanol–water partition coefficient (Wildman–Crippen LogP) is -1.55. The van der Waals surface area contributed by atoms with Gasteiger partial charge < -0.3 is 15.9 Å². The molecule has 0 aromatic carbocycles. The number of aromatic nitrogens is 4. The van der Waals surface area contributed by atoms with Crippen molar-refractivity contribution in [1.29, 1.82) is 0 Å². The zero-order chi connectivity index (χ0) is 11.3. The Hall–Kier alpha value is -1.93. The molecule has 2 aromatic heterocycles. The van der Waals surface area contributed by atoms with Crippen LogP contribution in [-0.2, 0) is 4.79 Å². The number of carboxylic acids is 1. The molecule has 8 nitrogen and oxygen atoms in total. The summed E-state index contributed by atoms with van der Waals surface area (Å²) in [6, 6.07) is 0.729. The highest BCUT2D eigenvalue weighted by Crippen LogP contribution is 1.90. The number of H-pyrrole nitrogens is 1. The molecule has 0 saturated carbocycles. The lowest BCUT2D eigenvalue weighted by molar-refractivity contribution is -0.139. The average molecular weight is 213 g/mol. The zero-order valence-electron chi connectivity index (χ0n) is 7.74. The van der Waals surface area contributed by atoms with Gasteiger partial charge in [0, 0.05) is 12.3 Å². The van der Waals surface area contributed by atoms with Gasteiger partial charge in [-0.15, -0.1) is 5.10 Å². The summed E-state index contributed by atoms with van der Waals surface area (Å²) in [5.74, 6) is -1.18. The van der Waals surface area contributed by atoms with Gasteiger partial charge in [0.2, 0.25) is 0 Å². The van der Waals surface area contributed by atoms with E-state index in [2.05, 4.69) is 15.2 Å². The number of fused-ring (bicyclic) bond motifs is 1. The number of nitrogens with zero attached hydrogens (tertiary/aromatic N) is 3. The van der Waals surface area contributed by atoms with Crippen molar-refractivity contribution in [2.75, 3.05) is 6.61 Å². The molecule has 0 bridgehead atoms. The number of aliphatic hydroxyl groups excluding tert-OH is 1. The predicted molar refractivity (Wildman–Crippen MR) is 50.0 cm³/mol. The van der Waals surface area contributed by atoms with E-state index in [9.17, 15) is 4.79 Å². The van der Waals surface area contributed by atoms with Crippen LogP contribution in [0.25, 0.3) is 5.65 Å². The van der Waals surface area contributed by atoms with E-state index < -0.39 is 18.6 Å². The molecule has 15 heavy (non-hydrogen) atoms. The van der Waals surface area contributed by atoms with Crippen molar-refractivity contribution >= 4 is 11.6 Å². The van der Waals surface area contributed by atoms with E-state index in [4.69, 9.17) is 15.9 Å². The molecule has 0 radical (unpaired) electrons. The highest BCUT2D eigenvalue weighted by atomic mass is 16.4. The molecule has 0 fully saturated rings. The van der Waals surface area contributed by atoms with Gasteiger partial charge in [-0.1, -0.05) is 0 Å². The quantitative estimate of drug-likeness (QED) is 0.477. The Bertz CT molecular complexity index is 372. The highest BCUT2D eigenvalue weighted by Gasteiger charge is 2.06. The van der Waals surface area contributed by atoms with Gasteiger partial charge in [-0.2, -0.15) is 4.63 Å². The second-order valence-corrected chi connectivity index (χ2v) is 2.62. The standard InChI is InChI=1S/C4H4N4.C3H7NO3/c1-2-6-8-4(1)5-3-7-8;4-2(1-5)3(6)7/h1-3,6H;2,5H,1,4H2,(H,6,7)/t;2-/m.0/s1. The molecule has 8 heteroatoms. The number of aliphatic carboxylic acids is 1. The van der Waals surface area contributed by atoms with E-state index in [1.807, 2.05) is 6.07 Å². The molecular formula is C7H11N5O3. The highest BCUT2D eigenvalue weighted by molar-refractivity contribution is 5.73. The van der Waals surface area contributed by atoms with E-state index in [1.165, 1.54) is 6.33 Å². The minimum Gasteiger partial charge on any atom is -0.480 e. The Kier molecular flexibility index (Phi) is 3.77. The van der Waals surface area contributed by atoms with E-state index in [-0.39, 0.29) is 0 Å². The Labute approximate surface area is 84.3 Å². The SMILES string of the molecule is N[C@@H](CO)C(=O)O.c1nc2cc[nH]n2n1. The molecule has 2 heterocycles. The van der Waals surface area contributed by atoms with E-state index in [0.29, 0.717) is 0 Å². The molecule has 0 saturated heterocycles. The van der Waals surface area contributed by atoms with Gasteiger partial charge in [0.1, 0.15) is 12.4 Å². The fourth-order valence-corrected chi connectivity index (χ4v) is 0.724. The molecule has 0 aliphatic heterocycles. The number of aliphatic hydroxyl groups is 1. The summed E-state index contributed by atoms with van der Waals surface area (Å²) in [7, 11) is 0. The Balaban J connectivity index is 0.000000153. The molecule has 82 valence electrons. The zero-order valence-corrected chi connectivity index (χ0v) is 7.74. The summed E-state index contributed by atoms with van der Waals surface area (Å²) < 4.78 is 1.60. The molecule has 2 rings (SSSR count). The van der Waals surface area contributed by atoms with Gasteiger partial charge in [-0.3, -0.25) is 9.89 Å². The van der Waals surface area contributed by atoms with E-state index in [1.54, 1.807) is 10.8 Å². The molecule has 1 atom stereocenters. The minimum absolute atomic E-state index is 0.505. The van der Waals surface area contributed by atoms with Crippen LogP contribution in [-0.4, -0.2) is 48.6 Å². The van der Waals surface area contributed by atoms with Crippen molar-refractivity contribution in [3.63, 3.8) is 0 Å². The summed E-state index contributed by atoms with van der Waals surface area (Å²) >= 11 is 0. The lowest BCUT2D eigenvalue weighted by Crippen LogP contribution is -2.33. The molecule has 0 spiro atoms. The summed E-state index contributed by atoms with van der Waals surface area (Å²) in [5.41, 5.74) is 5.62. The fraction of sp³-hybridized carbons (Fsp3) is 0.286. The first-order chi connectivity index (χ1) is 7.15. The maximum Gasteiger partial charge on any atom is 0.322 e. The van der Waals surface area contributed by atoms with Crippen LogP contribution in [0.15, 0.2) is 18.6 Å². The first-order valence-corrected chi connectivity index (χ1v) is 4.07. The van der Waals surface area contributed by atoms with Crippen LogP contribution in [0.2, 0.25) is 0 Å². The molecule has 0 unspecified atom stereocenters. The Morgan fingerprint density at radius 2 is 2.47 bits per heavy atom. The smallest absolute Gasteiger partial charge is 0.322 e. The molecular weight excluding hydrogens is 202 g/mol. The van der Waals surface area contributed by atoms with Crippen LogP contribution < -0.4 is 5.73 Å². The third-order valence-corrected chi connectivity index (χ3v) is 1.52. The van der Waals surface area contributed by atoms with Crippen LogP contribution in [0.4, 0.5) is 0 Å². The molecule has 0 amide bonds. The van der Waals surface area contributed by atoms with E-state index in [0.717, 1.165) is 5.65 Å². The lowest BCUT2D eigenvalue weighted by atomic mass is 10.3. The lowest BCUT2D eigenvalue weighted by Gasteiger charge is -1.96. The number of hydrogen-bond acceptors (Lipinski definition) is 5. The minimum atomic E-state index is -1.18. The van der Waals surface area contributed by atoms with Crippen molar-refractivity contribution in [2.45, 2.75) is 6.04 Å². The maximum absolute atomic E-state index is 9.65. The number of aromatic amines is 1. The monoisotopic (exact) mass is 213 g/mol.